The van der Waals surface area contributed by atoms with Crippen LogP contribution in [0.4, 0.5) is 4.39 Å². The van der Waals surface area contributed by atoms with Gasteiger partial charge in [-0.15, -0.1) is 0 Å². The van der Waals surface area contributed by atoms with E-state index in [1.807, 2.05) is 0 Å². The Labute approximate surface area is 102 Å². The van der Waals surface area contributed by atoms with Crippen molar-refractivity contribution >= 4 is 27.5 Å². The number of halogens is 3. The maximum absolute atomic E-state index is 13.1. The van der Waals surface area contributed by atoms with Crippen LogP contribution in [0.1, 0.15) is 12.8 Å². The van der Waals surface area contributed by atoms with Crippen LogP contribution in [-0.4, -0.2) is 11.9 Å². The molecule has 0 spiro atoms. The van der Waals surface area contributed by atoms with Crippen LogP contribution in [0.15, 0.2) is 18.2 Å². The van der Waals surface area contributed by atoms with Gasteiger partial charge in [0.05, 0.1) is 11.6 Å². The second-order valence-corrected chi connectivity index (χ2v) is 4.97. The average Bonchev–Trinajstić information content (AvgIpc) is 3.01. The first-order valence-electron chi connectivity index (χ1n) is 4.79. The molecule has 1 nitrogen and oxygen atoms in total. The van der Waals surface area contributed by atoms with Gasteiger partial charge in [-0.25, -0.2) is 4.39 Å². The van der Waals surface area contributed by atoms with E-state index in [9.17, 15) is 4.39 Å². The Morgan fingerprint density at radius 3 is 2.73 bits per heavy atom. The Morgan fingerprint density at radius 1 is 1.47 bits per heavy atom. The van der Waals surface area contributed by atoms with E-state index >= 15 is 0 Å². The first-order valence-corrected chi connectivity index (χ1v) is 6.29. The fourth-order valence-electron chi connectivity index (χ4n) is 1.30. The van der Waals surface area contributed by atoms with E-state index in [-0.39, 0.29) is 10.4 Å². The standard InChI is InChI=1S/C11H11BrClFO/c12-6-11(3-4-11)7-15-8-1-2-9(13)10(14)5-8/h1-2,5H,3-4,6-7H2. The molecule has 1 aromatic carbocycles. The van der Waals surface area contributed by atoms with E-state index in [1.165, 1.54) is 25.0 Å². The minimum absolute atomic E-state index is 0.129. The highest BCUT2D eigenvalue weighted by Gasteiger charge is 2.42. The summed E-state index contributed by atoms with van der Waals surface area (Å²) in [5.74, 6) is 0.113. The van der Waals surface area contributed by atoms with Gasteiger partial charge in [-0.1, -0.05) is 27.5 Å². The average molecular weight is 294 g/mol. The lowest BCUT2D eigenvalue weighted by molar-refractivity contribution is 0.250. The number of ether oxygens (including phenoxy) is 1. The third kappa shape index (κ3) is 2.64. The van der Waals surface area contributed by atoms with E-state index < -0.39 is 5.82 Å². The second kappa shape index (κ2) is 4.30. The Bertz CT molecular complexity index is 366. The molecule has 0 bridgehead atoms. The fourth-order valence-corrected chi connectivity index (χ4v) is 2.14. The molecule has 0 N–H and O–H groups in total. The highest BCUT2D eigenvalue weighted by Crippen LogP contribution is 2.47. The van der Waals surface area contributed by atoms with Gasteiger partial charge in [-0.2, -0.15) is 0 Å². The lowest BCUT2D eigenvalue weighted by atomic mass is 10.2. The van der Waals surface area contributed by atoms with Crippen LogP contribution >= 0.6 is 27.5 Å². The molecule has 0 heterocycles. The normalized spacial score (nSPS) is 17.5. The number of benzene rings is 1. The van der Waals surface area contributed by atoms with Gasteiger partial charge in [0.2, 0.25) is 0 Å². The number of hydrogen-bond donors (Lipinski definition) is 0. The molecule has 0 atom stereocenters. The van der Waals surface area contributed by atoms with Crippen molar-refractivity contribution in [2.45, 2.75) is 12.8 Å². The van der Waals surface area contributed by atoms with Crippen LogP contribution in [0.3, 0.4) is 0 Å². The number of hydrogen-bond acceptors (Lipinski definition) is 1. The molecule has 1 aliphatic carbocycles. The second-order valence-electron chi connectivity index (χ2n) is 4.00. The SMILES string of the molecule is Fc1cc(OCC2(CBr)CC2)ccc1Cl. The highest BCUT2D eigenvalue weighted by molar-refractivity contribution is 9.09. The topological polar surface area (TPSA) is 9.23 Å². The Hall–Kier alpha value is -0.280. The smallest absolute Gasteiger partial charge is 0.145 e. The minimum Gasteiger partial charge on any atom is -0.493 e. The van der Waals surface area contributed by atoms with Crippen molar-refractivity contribution in [3.05, 3.63) is 29.0 Å². The van der Waals surface area contributed by atoms with Gasteiger partial charge in [-0.3, -0.25) is 0 Å². The first-order chi connectivity index (χ1) is 7.15. The fraction of sp³-hybridized carbons (Fsp3) is 0.455. The molecule has 0 amide bonds. The maximum atomic E-state index is 13.1. The molecule has 15 heavy (non-hydrogen) atoms. The van der Waals surface area contributed by atoms with Gasteiger partial charge < -0.3 is 4.74 Å². The van der Waals surface area contributed by atoms with Crippen molar-refractivity contribution in [1.82, 2.24) is 0 Å². The van der Waals surface area contributed by atoms with Gasteiger partial charge in [0.1, 0.15) is 11.6 Å². The predicted octanol–water partition coefficient (Wildman–Crippen LogP) is 4.03. The third-order valence-corrected chi connectivity index (χ3v) is 4.17. The summed E-state index contributed by atoms with van der Waals surface area (Å²) >= 11 is 9.03. The molecule has 4 heteroatoms. The van der Waals surface area contributed by atoms with Crippen molar-refractivity contribution < 1.29 is 9.13 Å². The summed E-state index contributed by atoms with van der Waals surface area (Å²) in [7, 11) is 0. The molecule has 1 saturated carbocycles. The van der Waals surface area contributed by atoms with Crippen molar-refractivity contribution in [2.75, 3.05) is 11.9 Å². The van der Waals surface area contributed by atoms with Gasteiger partial charge >= 0.3 is 0 Å². The minimum atomic E-state index is -0.433. The largest absolute Gasteiger partial charge is 0.493 e. The summed E-state index contributed by atoms with van der Waals surface area (Å²) in [4.78, 5) is 0. The molecule has 1 aromatic rings. The Balaban J connectivity index is 1.96. The lowest BCUT2D eigenvalue weighted by Crippen LogP contribution is -2.14. The van der Waals surface area contributed by atoms with Gasteiger partial charge in [-0.05, 0) is 25.0 Å². The zero-order valence-corrected chi connectivity index (χ0v) is 10.4. The Kier molecular flexibility index (Phi) is 3.21. The first kappa shape index (κ1) is 11.2. The zero-order chi connectivity index (χ0) is 10.9. The summed E-state index contributed by atoms with van der Waals surface area (Å²) in [5.41, 5.74) is 0.274. The zero-order valence-electron chi connectivity index (χ0n) is 8.10. The quantitative estimate of drug-likeness (QED) is 0.762. The maximum Gasteiger partial charge on any atom is 0.145 e. The summed E-state index contributed by atoms with van der Waals surface area (Å²) in [6.07, 6.45) is 2.35. The summed E-state index contributed by atoms with van der Waals surface area (Å²) < 4.78 is 18.6. The molecular formula is C11H11BrClFO. The monoisotopic (exact) mass is 292 g/mol. The predicted molar refractivity (Wildman–Crippen MR) is 62.4 cm³/mol. The summed E-state index contributed by atoms with van der Waals surface area (Å²) in [6, 6.07) is 4.53. The van der Waals surface area contributed by atoms with Crippen molar-refractivity contribution in [3.8, 4) is 5.75 Å². The van der Waals surface area contributed by atoms with Gasteiger partial charge in [0.25, 0.3) is 0 Å². The molecule has 1 fully saturated rings. The van der Waals surface area contributed by atoms with Crippen LogP contribution in [0, 0.1) is 11.2 Å². The molecule has 0 unspecified atom stereocenters. The Morgan fingerprint density at radius 2 is 2.20 bits per heavy atom. The van der Waals surface area contributed by atoms with Crippen LogP contribution < -0.4 is 4.74 Å². The van der Waals surface area contributed by atoms with E-state index in [0.29, 0.717) is 12.4 Å². The van der Waals surface area contributed by atoms with Crippen LogP contribution in [-0.2, 0) is 0 Å². The molecule has 2 rings (SSSR count). The van der Waals surface area contributed by atoms with E-state index in [2.05, 4.69) is 15.9 Å². The van der Waals surface area contributed by atoms with Crippen molar-refractivity contribution in [1.29, 1.82) is 0 Å². The number of alkyl halides is 1. The third-order valence-electron chi connectivity index (χ3n) is 2.68. The molecule has 82 valence electrons. The van der Waals surface area contributed by atoms with Crippen LogP contribution in [0.5, 0.6) is 5.75 Å². The molecule has 0 radical (unpaired) electrons. The van der Waals surface area contributed by atoms with Crippen molar-refractivity contribution in [3.63, 3.8) is 0 Å². The highest BCUT2D eigenvalue weighted by atomic mass is 79.9. The molecule has 1 aliphatic rings. The molecule has 0 aromatic heterocycles. The van der Waals surface area contributed by atoms with Crippen LogP contribution in [0.25, 0.3) is 0 Å². The van der Waals surface area contributed by atoms with Crippen LogP contribution in [0.2, 0.25) is 5.02 Å². The van der Waals surface area contributed by atoms with Crippen molar-refractivity contribution in [2.24, 2.45) is 5.41 Å². The van der Waals surface area contributed by atoms with E-state index in [0.717, 1.165) is 5.33 Å². The summed E-state index contributed by atoms with van der Waals surface area (Å²) in [5, 5.41) is 1.07. The molecular weight excluding hydrogens is 282 g/mol. The molecule has 0 aliphatic heterocycles. The van der Waals surface area contributed by atoms with Gasteiger partial charge in [0, 0.05) is 16.8 Å². The lowest BCUT2D eigenvalue weighted by Gasteiger charge is -2.13. The summed E-state index contributed by atoms with van der Waals surface area (Å²) in [6.45, 7) is 0.638. The van der Waals surface area contributed by atoms with Gasteiger partial charge in [0.15, 0.2) is 0 Å². The van der Waals surface area contributed by atoms with E-state index in [1.54, 1.807) is 6.07 Å². The van der Waals surface area contributed by atoms with E-state index in [4.69, 9.17) is 16.3 Å². The molecule has 0 saturated heterocycles. The number of rotatable bonds is 4.